The number of carbonyl (C=O) groups is 1. The van der Waals surface area contributed by atoms with Crippen LogP contribution >= 0.6 is 12.4 Å². The van der Waals surface area contributed by atoms with Crippen molar-refractivity contribution in [1.29, 1.82) is 0 Å². The van der Waals surface area contributed by atoms with Crippen LogP contribution in [0.15, 0.2) is 24.3 Å². The molecule has 0 radical (unpaired) electrons. The van der Waals surface area contributed by atoms with Crippen LogP contribution in [-0.2, 0) is 4.79 Å². The first-order chi connectivity index (χ1) is 12.7. The minimum atomic E-state index is 0. The SMILES string of the molecule is COc1ccc(C2CCCCCN2C(=O)CC(C)C2CCNCC2)cc1.Cl. The van der Waals surface area contributed by atoms with Crippen molar-refractivity contribution in [2.24, 2.45) is 11.8 Å². The fourth-order valence-corrected chi connectivity index (χ4v) is 4.55. The van der Waals surface area contributed by atoms with Crippen LogP contribution in [0.3, 0.4) is 0 Å². The summed E-state index contributed by atoms with van der Waals surface area (Å²) < 4.78 is 5.29. The molecule has 3 rings (SSSR count). The number of hydrogen-bond donors (Lipinski definition) is 1. The number of carbonyl (C=O) groups excluding carboxylic acids is 1. The molecule has 5 heteroatoms. The van der Waals surface area contributed by atoms with E-state index in [1.165, 1.54) is 31.2 Å². The third-order valence-electron chi connectivity index (χ3n) is 6.26. The highest BCUT2D eigenvalue weighted by atomic mass is 35.5. The lowest BCUT2D eigenvalue weighted by molar-refractivity contribution is -0.135. The number of nitrogens with zero attached hydrogens (tertiary/aromatic N) is 1. The van der Waals surface area contributed by atoms with Crippen molar-refractivity contribution in [2.75, 3.05) is 26.7 Å². The molecule has 1 amide bonds. The Kier molecular flexibility index (Phi) is 8.91. The van der Waals surface area contributed by atoms with Crippen LogP contribution in [0.25, 0.3) is 0 Å². The first-order valence-electron chi connectivity index (χ1n) is 10.3. The molecular formula is C22H35ClN2O2. The number of nitrogens with one attached hydrogen (secondary N) is 1. The molecule has 2 fully saturated rings. The van der Waals surface area contributed by atoms with Crippen molar-refractivity contribution >= 4 is 18.3 Å². The molecule has 1 aromatic rings. The van der Waals surface area contributed by atoms with Gasteiger partial charge in [0.1, 0.15) is 5.75 Å². The van der Waals surface area contributed by atoms with Gasteiger partial charge in [0.05, 0.1) is 13.2 Å². The van der Waals surface area contributed by atoms with Crippen LogP contribution in [0, 0.1) is 11.8 Å². The average Bonchev–Trinajstić information content (AvgIpc) is 2.95. The van der Waals surface area contributed by atoms with Gasteiger partial charge >= 0.3 is 0 Å². The van der Waals surface area contributed by atoms with Crippen molar-refractivity contribution in [2.45, 2.75) is 57.9 Å². The minimum absolute atomic E-state index is 0. The lowest BCUT2D eigenvalue weighted by Crippen LogP contribution is -2.37. The molecule has 1 N–H and O–H groups in total. The van der Waals surface area contributed by atoms with Gasteiger partial charge in [-0.25, -0.2) is 0 Å². The van der Waals surface area contributed by atoms with Gasteiger partial charge in [0.2, 0.25) is 5.91 Å². The molecule has 1 aromatic carbocycles. The van der Waals surface area contributed by atoms with E-state index in [2.05, 4.69) is 29.3 Å². The molecule has 0 aromatic heterocycles. The van der Waals surface area contributed by atoms with Gasteiger partial charge in [0.25, 0.3) is 0 Å². The molecule has 2 aliphatic heterocycles. The Morgan fingerprint density at radius 2 is 1.85 bits per heavy atom. The largest absolute Gasteiger partial charge is 0.497 e. The zero-order valence-corrected chi connectivity index (χ0v) is 17.6. The topological polar surface area (TPSA) is 41.6 Å². The third-order valence-corrected chi connectivity index (χ3v) is 6.26. The van der Waals surface area contributed by atoms with Gasteiger partial charge in [-0.2, -0.15) is 0 Å². The Morgan fingerprint density at radius 3 is 2.52 bits per heavy atom. The first kappa shape index (κ1) is 22.0. The molecule has 2 heterocycles. The maximum atomic E-state index is 13.2. The number of amides is 1. The van der Waals surface area contributed by atoms with Gasteiger partial charge in [-0.3, -0.25) is 4.79 Å². The zero-order chi connectivity index (χ0) is 18.4. The number of rotatable bonds is 5. The molecular weight excluding hydrogens is 360 g/mol. The maximum absolute atomic E-state index is 13.2. The monoisotopic (exact) mass is 394 g/mol. The number of likely N-dealkylation sites (tertiary alicyclic amines) is 1. The van der Waals surface area contributed by atoms with E-state index in [0.29, 0.717) is 24.2 Å². The Balaban J connectivity index is 0.00000261. The standard InChI is InChI=1S/C22H34N2O2.ClH/c1-17(18-11-13-23-14-12-18)16-22(25)24-15-5-3-4-6-21(24)19-7-9-20(26-2)10-8-19;/h7-10,17-18,21,23H,3-6,11-16H2,1-2H3;1H. The maximum Gasteiger partial charge on any atom is 0.223 e. The number of ether oxygens (including phenoxy) is 1. The summed E-state index contributed by atoms with van der Waals surface area (Å²) in [5.74, 6) is 2.38. The van der Waals surface area contributed by atoms with E-state index in [0.717, 1.165) is 38.2 Å². The van der Waals surface area contributed by atoms with Gasteiger partial charge in [-0.15, -0.1) is 12.4 Å². The Hall–Kier alpha value is -1.26. The molecule has 4 nitrogen and oxygen atoms in total. The van der Waals surface area contributed by atoms with Crippen molar-refractivity contribution in [3.8, 4) is 5.75 Å². The van der Waals surface area contributed by atoms with Crippen LogP contribution in [-0.4, -0.2) is 37.6 Å². The predicted molar refractivity (Wildman–Crippen MR) is 113 cm³/mol. The molecule has 27 heavy (non-hydrogen) atoms. The van der Waals surface area contributed by atoms with Gasteiger partial charge in [-0.05, 0) is 68.3 Å². The van der Waals surface area contributed by atoms with Gasteiger partial charge in [0, 0.05) is 13.0 Å². The number of piperidine rings is 1. The van der Waals surface area contributed by atoms with E-state index >= 15 is 0 Å². The number of benzene rings is 1. The molecule has 2 atom stereocenters. The predicted octanol–water partition coefficient (Wildman–Crippen LogP) is 4.59. The summed E-state index contributed by atoms with van der Waals surface area (Å²) in [5, 5.41) is 3.43. The molecule has 152 valence electrons. The van der Waals surface area contributed by atoms with E-state index in [-0.39, 0.29) is 18.4 Å². The smallest absolute Gasteiger partial charge is 0.223 e. The lowest BCUT2D eigenvalue weighted by Gasteiger charge is -2.33. The van der Waals surface area contributed by atoms with E-state index in [1.807, 2.05) is 12.1 Å². The molecule has 2 saturated heterocycles. The fourth-order valence-electron chi connectivity index (χ4n) is 4.55. The fraction of sp³-hybridized carbons (Fsp3) is 0.682. The Morgan fingerprint density at radius 1 is 1.15 bits per heavy atom. The van der Waals surface area contributed by atoms with Crippen molar-refractivity contribution in [3.05, 3.63) is 29.8 Å². The van der Waals surface area contributed by atoms with Crippen LogP contribution in [0.5, 0.6) is 5.75 Å². The van der Waals surface area contributed by atoms with Gasteiger partial charge in [-0.1, -0.05) is 31.9 Å². The van der Waals surface area contributed by atoms with Crippen molar-refractivity contribution < 1.29 is 9.53 Å². The highest BCUT2D eigenvalue weighted by Crippen LogP contribution is 2.33. The summed E-state index contributed by atoms with van der Waals surface area (Å²) in [7, 11) is 1.69. The zero-order valence-electron chi connectivity index (χ0n) is 16.8. The van der Waals surface area contributed by atoms with Crippen LogP contribution in [0.2, 0.25) is 0 Å². The average molecular weight is 395 g/mol. The number of halogens is 1. The van der Waals surface area contributed by atoms with Crippen LogP contribution in [0.4, 0.5) is 0 Å². The second kappa shape index (κ2) is 10.9. The third kappa shape index (κ3) is 5.86. The molecule has 2 aliphatic rings. The molecule has 0 aliphatic carbocycles. The van der Waals surface area contributed by atoms with Crippen LogP contribution in [0.1, 0.15) is 63.5 Å². The molecule has 0 saturated carbocycles. The summed E-state index contributed by atoms with van der Waals surface area (Å²) in [6.07, 6.45) is 7.72. The van der Waals surface area contributed by atoms with Crippen molar-refractivity contribution in [3.63, 3.8) is 0 Å². The molecule has 0 spiro atoms. The summed E-state index contributed by atoms with van der Waals surface area (Å²) in [4.78, 5) is 15.4. The van der Waals surface area contributed by atoms with Gasteiger partial charge < -0.3 is 15.0 Å². The minimum Gasteiger partial charge on any atom is -0.497 e. The van der Waals surface area contributed by atoms with E-state index in [1.54, 1.807) is 7.11 Å². The summed E-state index contributed by atoms with van der Waals surface area (Å²) >= 11 is 0. The number of methoxy groups -OCH3 is 1. The summed E-state index contributed by atoms with van der Waals surface area (Å²) in [5.41, 5.74) is 1.25. The Bertz CT molecular complexity index is 572. The molecule has 0 bridgehead atoms. The Labute approximate surface area is 170 Å². The normalized spacial score (nSPS) is 22.4. The second-order valence-electron chi connectivity index (χ2n) is 7.99. The van der Waals surface area contributed by atoms with Crippen molar-refractivity contribution in [1.82, 2.24) is 10.2 Å². The van der Waals surface area contributed by atoms with E-state index < -0.39 is 0 Å². The summed E-state index contributed by atoms with van der Waals surface area (Å²) in [6.45, 7) is 5.37. The lowest BCUT2D eigenvalue weighted by atomic mass is 9.83. The van der Waals surface area contributed by atoms with E-state index in [9.17, 15) is 4.79 Å². The first-order valence-corrected chi connectivity index (χ1v) is 10.3. The quantitative estimate of drug-likeness (QED) is 0.794. The second-order valence-corrected chi connectivity index (χ2v) is 7.99. The highest BCUT2D eigenvalue weighted by molar-refractivity contribution is 5.85. The molecule has 2 unspecified atom stereocenters. The van der Waals surface area contributed by atoms with Crippen LogP contribution < -0.4 is 10.1 Å². The highest BCUT2D eigenvalue weighted by Gasteiger charge is 2.29. The van der Waals surface area contributed by atoms with E-state index in [4.69, 9.17) is 4.74 Å². The van der Waals surface area contributed by atoms with Gasteiger partial charge in [0.15, 0.2) is 0 Å². The summed E-state index contributed by atoms with van der Waals surface area (Å²) in [6, 6.07) is 8.51. The number of hydrogen-bond acceptors (Lipinski definition) is 3.